The summed E-state index contributed by atoms with van der Waals surface area (Å²) in [4.78, 5) is 28.2. The first-order chi connectivity index (χ1) is 19.9. The van der Waals surface area contributed by atoms with Crippen molar-refractivity contribution in [2.45, 2.75) is 74.8 Å². The molecular formula is C28H29F5N6O2S. The van der Waals surface area contributed by atoms with Gasteiger partial charge in [0.15, 0.2) is 0 Å². The van der Waals surface area contributed by atoms with Crippen molar-refractivity contribution in [1.82, 2.24) is 24.8 Å². The zero-order valence-corrected chi connectivity index (χ0v) is 23.7. The third-order valence-corrected chi connectivity index (χ3v) is 8.93. The van der Waals surface area contributed by atoms with E-state index in [1.54, 1.807) is 6.07 Å². The van der Waals surface area contributed by atoms with Crippen LogP contribution in [0, 0.1) is 0 Å². The number of halogens is 5. The van der Waals surface area contributed by atoms with Crippen LogP contribution in [0.3, 0.4) is 0 Å². The molecule has 1 saturated heterocycles. The summed E-state index contributed by atoms with van der Waals surface area (Å²) in [6.07, 6.45) is -2.69. The molecule has 3 atom stereocenters. The number of rotatable bonds is 4. The van der Waals surface area contributed by atoms with Crippen LogP contribution in [0.15, 0.2) is 40.3 Å². The smallest absolute Gasteiger partial charge is 0.417 e. The number of anilines is 1. The van der Waals surface area contributed by atoms with Crippen LogP contribution in [0.1, 0.15) is 44.2 Å². The first-order valence-corrected chi connectivity index (χ1v) is 14.7. The maximum absolute atomic E-state index is 14.8. The van der Waals surface area contributed by atoms with E-state index in [9.17, 15) is 26.7 Å². The molecule has 1 aliphatic carbocycles. The van der Waals surface area contributed by atoms with Gasteiger partial charge in [-0.15, -0.1) is 11.8 Å². The maximum atomic E-state index is 14.8. The Balaban J connectivity index is 1.60. The number of alkyl halides is 5. The highest BCUT2D eigenvalue weighted by atomic mass is 32.2. The Morgan fingerprint density at radius 2 is 1.83 bits per heavy atom. The number of thioether (sulfide) groups is 1. The molecule has 2 unspecified atom stereocenters. The van der Waals surface area contributed by atoms with Gasteiger partial charge in [0, 0.05) is 72.0 Å². The molecule has 0 amide bonds. The van der Waals surface area contributed by atoms with Crippen molar-refractivity contribution < 1.29 is 26.7 Å². The lowest BCUT2D eigenvalue weighted by Crippen LogP contribution is -2.55. The van der Waals surface area contributed by atoms with Crippen LogP contribution in [0.25, 0.3) is 16.5 Å². The Morgan fingerprint density at radius 3 is 2.48 bits per heavy atom. The van der Waals surface area contributed by atoms with Crippen LogP contribution in [0.5, 0.6) is 6.01 Å². The van der Waals surface area contributed by atoms with Gasteiger partial charge in [0.1, 0.15) is 11.9 Å². The van der Waals surface area contributed by atoms with Crippen molar-refractivity contribution in [2.24, 2.45) is 0 Å². The lowest BCUT2D eigenvalue weighted by atomic mass is 9.87. The largest absolute Gasteiger partial charge is 0.457 e. The molecule has 0 bridgehead atoms. The molecule has 0 spiro atoms. The Bertz CT molecular complexity index is 1590. The molecular weight excluding hydrogens is 579 g/mol. The third kappa shape index (κ3) is 5.58. The molecule has 2 aromatic heterocycles. The number of hydrogen-bond acceptors (Lipinski definition) is 8. The summed E-state index contributed by atoms with van der Waals surface area (Å²) in [6, 6.07) is 2.75. The molecule has 0 saturated carbocycles. The molecule has 1 N–H and O–H groups in total. The van der Waals surface area contributed by atoms with Gasteiger partial charge in [-0.3, -0.25) is 4.57 Å². The molecule has 3 aromatic rings. The van der Waals surface area contributed by atoms with Gasteiger partial charge in [0.2, 0.25) is 0 Å². The van der Waals surface area contributed by atoms with Gasteiger partial charge in [-0.05, 0) is 38.0 Å². The molecule has 0 radical (unpaired) electrons. The third-order valence-electron chi connectivity index (χ3n) is 7.70. The van der Waals surface area contributed by atoms with Crippen LogP contribution >= 0.6 is 11.8 Å². The van der Waals surface area contributed by atoms with Gasteiger partial charge in [-0.2, -0.15) is 18.2 Å². The zero-order valence-electron chi connectivity index (χ0n) is 22.9. The van der Waals surface area contributed by atoms with Crippen molar-refractivity contribution in [3.05, 3.63) is 52.2 Å². The molecule has 42 heavy (non-hydrogen) atoms. The Labute approximate surface area is 242 Å². The minimum absolute atomic E-state index is 0.00283. The van der Waals surface area contributed by atoms with Crippen LogP contribution < -0.4 is 20.6 Å². The SMILES string of the molecule is CC1CN(c2nc(=O)n3c4c(c(C5=CCC(F)(F)CC5)c(C(F)(F)F)cc24)SC[C@@H](Oc2ncccn2)C3)CC(C)N1. The lowest BCUT2D eigenvalue weighted by Gasteiger charge is -2.37. The fraction of sp³-hybridized carbons (Fsp3) is 0.500. The van der Waals surface area contributed by atoms with Crippen LogP contribution in [0.4, 0.5) is 27.8 Å². The van der Waals surface area contributed by atoms with Crippen molar-refractivity contribution in [1.29, 1.82) is 0 Å². The van der Waals surface area contributed by atoms with Crippen molar-refractivity contribution in [2.75, 3.05) is 23.7 Å². The molecule has 3 aliphatic rings. The summed E-state index contributed by atoms with van der Waals surface area (Å²) in [5, 5.41) is 3.57. The molecule has 4 heterocycles. The number of ether oxygens (including phenoxy) is 1. The van der Waals surface area contributed by atoms with Crippen LogP contribution in [-0.4, -0.2) is 62.5 Å². The zero-order chi connectivity index (χ0) is 29.8. The molecule has 1 fully saturated rings. The van der Waals surface area contributed by atoms with E-state index in [0.717, 1.165) is 17.8 Å². The van der Waals surface area contributed by atoms with Gasteiger partial charge in [0.05, 0.1) is 17.6 Å². The van der Waals surface area contributed by atoms with Crippen LogP contribution in [-0.2, 0) is 12.7 Å². The highest BCUT2D eigenvalue weighted by molar-refractivity contribution is 7.99. The average Bonchev–Trinajstić information content (AvgIpc) is 3.11. The number of aromatic nitrogens is 4. The fourth-order valence-corrected chi connectivity index (χ4v) is 7.27. The van der Waals surface area contributed by atoms with E-state index in [-0.39, 0.29) is 64.0 Å². The number of piperazine rings is 1. The maximum Gasteiger partial charge on any atom is 0.417 e. The summed E-state index contributed by atoms with van der Waals surface area (Å²) in [7, 11) is 0. The van der Waals surface area contributed by atoms with Gasteiger partial charge in [0.25, 0.3) is 5.92 Å². The summed E-state index contributed by atoms with van der Waals surface area (Å²) < 4.78 is 79.9. The molecule has 2 aliphatic heterocycles. The second kappa shape index (κ2) is 10.8. The predicted octanol–water partition coefficient (Wildman–Crippen LogP) is 5.15. The minimum atomic E-state index is -4.79. The number of allylic oxidation sites excluding steroid dienone is 2. The monoisotopic (exact) mass is 608 g/mol. The van der Waals surface area contributed by atoms with Gasteiger partial charge >= 0.3 is 17.9 Å². The second-order valence-corrected chi connectivity index (χ2v) is 12.1. The number of nitrogens with one attached hydrogen (secondary N) is 1. The van der Waals surface area contributed by atoms with E-state index in [1.807, 2.05) is 18.7 Å². The Kier molecular flexibility index (Phi) is 7.40. The first kappa shape index (κ1) is 28.8. The summed E-state index contributed by atoms with van der Waals surface area (Å²) in [5.41, 5.74) is -1.21. The summed E-state index contributed by atoms with van der Waals surface area (Å²) >= 11 is 1.12. The lowest BCUT2D eigenvalue weighted by molar-refractivity contribution is -0.137. The number of hydrogen-bond donors (Lipinski definition) is 1. The standard InChI is InChI=1S/C28H29F5N6O2S/c1-15-11-38(12-16(2)36-15)24-19-10-20(28(31,32)33)21(17-4-6-27(29,30)7-5-17)23-22(19)39(26(40)37-24)13-18(14-42-23)41-25-34-8-3-9-35-25/h3-4,8-10,15-16,18,36H,5-7,11-14H2,1-2H3/t15?,16?,18-/m0/s1. The normalized spacial score (nSPS) is 24.3. The highest BCUT2D eigenvalue weighted by Gasteiger charge is 2.41. The average molecular weight is 609 g/mol. The van der Waals surface area contributed by atoms with Gasteiger partial charge < -0.3 is 15.0 Å². The predicted molar refractivity (Wildman–Crippen MR) is 149 cm³/mol. The molecule has 224 valence electrons. The van der Waals surface area contributed by atoms with Crippen LogP contribution in [0.2, 0.25) is 0 Å². The van der Waals surface area contributed by atoms with Gasteiger partial charge in [-0.1, -0.05) is 6.08 Å². The fourth-order valence-electron chi connectivity index (χ4n) is 6.01. The second-order valence-electron chi connectivity index (χ2n) is 11.1. The van der Waals surface area contributed by atoms with E-state index in [1.165, 1.54) is 23.0 Å². The molecule has 6 rings (SSSR count). The number of benzene rings is 1. The first-order valence-electron chi connectivity index (χ1n) is 13.7. The van der Waals surface area contributed by atoms with E-state index in [0.29, 0.717) is 18.6 Å². The van der Waals surface area contributed by atoms with Gasteiger partial charge in [-0.25, -0.2) is 23.5 Å². The quantitative estimate of drug-likeness (QED) is 0.408. The van der Waals surface area contributed by atoms with Crippen molar-refractivity contribution in [3.63, 3.8) is 0 Å². The summed E-state index contributed by atoms with van der Waals surface area (Å²) in [5.74, 6) is -2.63. The van der Waals surface area contributed by atoms with Crippen molar-refractivity contribution in [3.8, 4) is 6.01 Å². The molecule has 8 nitrogen and oxygen atoms in total. The number of nitrogens with zero attached hydrogens (tertiary/aromatic N) is 5. The molecule has 14 heteroatoms. The van der Waals surface area contributed by atoms with E-state index in [2.05, 4.69) is 20.3 Å². The topological polar surface area (TPSA) is 85.2 Å². The summed E-state index contributed by atoms with van der Waals surface area (Å²) in [6.45, 7) is 4.80. The Morgan fingerprint density at radius 1 is 1.12 bits per heavy atom. The minimum Gasteiger partial charge on any atom is -0.457 e. The van der Waals surface area contributed by atoms with E-state index in [4.69, 9.17) is 4.74 Å². The van der Waals surface area contributed by atoms with E-state index >= 15 is 0 Å². The Hall–Kier alpha value is -3.26. The van der Waals surface area contributed by atoms with E-state index < -0.39 is 42.3 Å². The molecule has 1 aromatic carbocycles. The van der Waals surface area contributed by atoms with Crippen molar-refractivity contribution >= 4 is 34.1 Å². The highest BCUT2D eigenvalue weighted by Crippen LogP contribution is 2.49.